The number of hydrogen-bond acceptors (Lipinski definition) is 6. The lowest BCUT2D eigenvalue weighted by atomic mass is 10.1. The molecule has 1 N–H and O–H groups in total. The second-order valence-electron chi connectivity index (χ2n) is 5.84. The highest BCUT2D eigenvalue weighted by atomic mass is 19.1. The standard InChI is InChI=1S/C18H13FN6O2/c1-24-9-7-13-16(11-2-4-12(19)5-3-11)22-18(23-17(13)24)21-14-6-8-20-10-15(14)25(26)27/h2-10H,1H3,(H,20,21,22,23). The first-order chi connectivity index (χ1) is 13.0. The molecule has 8 nitrogen and oxygen atoms in total. The molecule has 0 aliphatic heterocycles. The van der Waals surface area contributed by atoms with Crippen molar-refractivity contribution in [1.29, 1.82) is 0 Å². The highest BCUT2D eigenvalue weighted by Gasteiger charge is 2.17. The van der Waals surface area contributed by atoms with Crippen molar-refractivity contribution in [2.75, 3.05) is 5.32 Å². The molecule has 0 fully saturated rings. The van der Waals surface area contributed by atoms with E-state index in [0.717, 1.165) is 11.6 Å². The first-order valence-corrected chi connectivity index (χ1v) is 7.97. The van der Waals surface area contributed by atoms with Crippen molar-refractivity contribution in [3.8, 4) is 11.3 Å². The van der Waals surface area contributed by atoms with Crippen molar-refractivity contribution in [2.24, 2.45) is 7.05 Å². The molecular formula is C18H13FN6O2. The zero-order chi connectivity index (χ0) is 19.0. The molecule has 0 unspecified atom stereocenters. The van der Waals surface area contributed by atoms with Gasteiger partial charge >= 0.3 is 5.69 Å². The lowest BCUT2D eigenvalue weighted by Crippen LogP contribution is -2.03. The van der Waals surface area contributed by atoms with E-state index < -0.39 is 4.92 Å². The van der Waals surface area contributed by atoms with Gasteiger partial charge in [-0.25, -0.2) is 9.37 Å². The molecule has 0 spiro atoms. The topological polar surface area (TPSA) is 98.8 Å². The molecule has 3 heterocycles. The number of hydrogen-bond donors (Lipinski definition) is 1. The maximum atomic E-state index is 13.3. The van der Waals surface area contributed by atoms with Crippen molar-refractivity contribution in [1.82, 2.24) is 19.5 Å². The maximum Gasteiger partial charge on any atom is 0.310 e. The maximum absolute atomic E-state index is 13.3. The van der Waals surface area contributed by atoms with E-state index in [1.165, 1.54) is 24.4 Å². The molecule has 4 aromatic rings. The van der Waals surface area contributed by atoms with Gasteiger partial charge in [0.05, 0.1) is 10.6 Å². The minimum absolute atomic E-state index is 0.184. The minimum Gasteiger partial charge on any atom is -0.335 e. The Morgan fingerprint density at radius 3 is 2.67 bits per heavy atom. The van der Waals surface area contributed by atoms with Gasteiger partial charge < -0.3 is 9.88 Å². The van der Waals surface area contributed by atoms with Gasteiger partial charge in [0.2, 0.25) is 5.95 Å². The monoisotopic (exact) mass is 364 g/mol. The number of pyridine rings is 1. The molecule has 134 valence electrons. The van der Waals surface area contributed by atoms with E-state index >= 15 is 0 Å². The van der Waals surface area contributed by atoms with Crippen molar-refractivity contribution >= 4 is 28.4 Å². The van der Waals surface area contributed by atoms with Crippen molar-refractivity contribution < 1.29 is 9.31 Å². The molecule has 1 aromatic carbocycles. The summed E-state index contributed by atoms with van der Waals surface area (Å²) in [5.41, 5.74) is 2.00. The van der Waals surface area contributed by atoms with E-state index in [1.807, 2.05) is 23.9 Å². The molecule has 0 radical (unpaired) electrons. The van der Waals surface area contributed by atoms with Gasteiger partial charge in [-0.1, -0.05) is 0 Å². The predicted molar refractivity (Wildman–Crippen MR) is 98.1 cm³/mol. The number of nitro groups is 1. The summed E-state index contributed by atoms with van der Waals surface area (Å²) in [6.45, 7) is 0. The third-order valence-corrected chi connectivity index (χ3v) is 4.09. The van der Waals surface area contributed by atoms with Crippen LogP contribution in [0.5, 0.6) is 0 Å². The summed E-state index contributed by atoms with van der Waals surface area (Å²) in [5.74, 6) is -0.152. The molecule has 3 aromatic heterocycles. The van der Waals surface area contributed by atoms with Crippen LogP contribution in [0.15, 0.2) is 55.0 Å². The van der Waals surface area contributed by atoms with Crippen LogP contribution in [0.4, 0.5) is 21.7 Å². The highest BCUT2D eigenvalue weighted by molar-refractivity contribution is 5.92. The Labute approximate surface area is 152 Å². The van der Waals surface area contributed by atoms with Gasteiger partial charge in [-0.05, 0) is 36.4 Å². The fourth-order valence-electron chi connectivity index (χ4n) is 2.78. The van der Waals surface area contributed by atoms with Crippen LogP contribution in [0.1, 0.15) is 0 Å². The third-order valence-electron chi connectivity index (χ3n) is 4.09. The summed E-state index contributed by atoms with van der Waals surface area (Å²) in [6, 6.07) is 9.31. The molecule has 27 heavy (non-hydrogen) atoms. The van der Waals surface area contributed by atoms with Crippen molar-refractivity contribution in [3.63, 3.8) is 0 Å². The van der Waals surface area contributed by atoms with Crippen LogP contribution < -0.4 is 5.32 Å². The summed E-state index contributed by atoms with van der Waals surface area (Å²) in [4.78, 5) is 23.4. The summed E-state index contributed by atoms with van der Waals surface area (Å²) in [7, 11) is 1.84. The Hall–Kier alpha value is -3.88. The van der Waals surface area contributed by atoms with Gasteiger partial charge in [-0.15, -0.1) is 0 Å². The lowest BCUT2D eigenvalue weighted by molar-refractivity contribution is -0.384. The second kappa shape index (κ2) is 6.45. The van der Waals surface area contributed by atoms with Crippen molar-refractivity contribution in [2.45, 2.75) is 0 Å². The number of nitrogens with zero attached hydrogens (tertiary/aromatic N) is 5. The number of anilines is 2. The highest BCUT2D eigenvalue weighted by Crippen LogP contribution is 2.30. The average Bonchev–Trinajstić information content (AvgIpc) is 3.03. The number of rotatable bonds is 4. The largest absolute Gasteiger partial charge is 0.335 e. The van der Waals surface area contributed by atoms with Gasteiger partial charge in [0.15, 0.2) is 0 Å². The lowest BCUT2D eigenvalue weighted by Gasteiger charge is -2.09. The Morgan fingerprint density at radius 2 is 1.93 bits per heavy atom. The Bertz CT molecular complexity index is 1160. The normalized spacial score (nSPS) is 10.9. The molecule has 0 saturated heterocycles. The molecule has 0 aliphatic rings. The van der Waals surface area contributed by atoms with Gasteiger partial charge in [-0.3, -0.25) is 15.1 Å². The van der Waals surface area contributed by atoms with Gasteiger partial charge in [0, 0.05) is 30.4 Å². The number of aromatic nitrogens is 4. The van der Waals surface area contributed by atoms with Gasteiger partial charge in [0.25, 0.3) is 0 Å². The smallest absolute Gasteiger partial charge is 0.310 e. The number of aryl methyl sites for hydroxylation is 1. The molecule has 0 amide bonds. The van der Waals surface area contributed by atoms with E-state index in [0.29, 0.717) is 16.9 Å². The summed E-state index contributed by atoms with van der Waals surface area (Å²) < 4.78 is 15.1. The van der Waals surface area contributed by atoms with Crippen LogP contribution in [-0.4, -0.2) is 24.4 Å². The van der Waals surface area contributed by atoms with Crippen molar-refractivity contribution in [3.05, 3.63) is 70.9 Å². The Kier molecular flexibility index (Phi) is 3.96. The van der Waals surface area contributed by atoms with E-state index in [9.17, 15) is 14.5 Å². The Morgan fingerprint density at radius 1 is 1.15 bits per heavy atom. The van der Waals surface area contributed by atoms with Gasteiger partial charge in [0.1, 0.15) is 23.3 Å². The summed E-state index contributed by atoms with van der Waals surface area (Å²) in [5, 5.41) is 14.9. The molecular weight excluding hydrogens is 351 g/mol. The minimum atomic E-state index is -0.530. The van der Waals surface area contributed by atoms with Crippen LogP contribution >= 0.6 is 0 Å². The van der Waals surface area contributed by atoms with Crippen LogP contribution in [0.25, 0.3) is 22.3 Å². The molecule has 0 bridgehead atoms. The van der Waals surface area contributed by atoms with Crippen LogP contribution in [-0.2, 0) is 7.05 Å². The summed E-state index contributed by atoms with van der Waals surface area (Å²) >= 11 is 0. The van der Waals surface area contributed by atoms with E-state index in [4.69, 9.17) is 0 Å². The number of benzene rings is 1. The first kappa shape index (κ1) is 16.6. The van der Waals surface area contributed by atoms with Crippen LogP contribution in [0.3, 0.4) is 0 Å². The Balaban J connectivity index is 1.86. The zero-order valence-electron chi connectivity index (χ0n) is 14.1. The molecule has 9 heteroatoms. The second-order valence-corrected chi connectivity index (χ2v) is 5.84. The number of halogens is 1. The molecule has 0 saturated carbocycles. The third kappa shape index (κ3) is 3.06. The SMILES string of the molecule is Cn1ccc2c(-c3ccc(F)cc3)nc(Nc3ccncc3[N+](=O)[O-])nc21. The van der Waals surface area contributed by atoms with E-state index in [1.54, 1.807) is 12.1 Å². The summed E-state index contributed by atoms with van der Waals surface area (Å²) in [6.07, 6.45) is 4.44. The quantitative estimate of drug-likeness (QED) is 0.436. The first-order valence-electron chi connectivity index (χ1n) is 7.97. The van der Waals surface area contributed by atoms with Crippen LogP contribution in [0, 0.1) is 15.9 Å². The number of nitrogens with one attached hydrogen (secondary N) is 1. The fraction of sp³-hybridized carbons (Fsp3) is 0.0556. The fourth-order valence-corrected chi connectivity index (χ4v) is 2.78. The number of fused-ring (bicyclic) bond motifs is 1. The van der Waals surface area contributed by atoms with Crippen LogP contribution in [0.2, 0.25) is 0 Å². The molecule has 0 aliphatic carbocycles. The zero-order valence-corrected chi connectivity index (χ0v) is 14.1. The predicted octanol–water partition coefficient (Wildman–Crippen LogP) is 3.82. The van der Waals surface area contributed by atoms with E-state index in [2.05, 4.69) is 20.3 Å². The van der Waals surface area contributed by atoms with Gasteiger partial charge in [-0.2, -0.15) is 4.98 Å². The average molecular weight is 364 g/mol. The molecule has 4 rings (SSSR count). The van der Waals surface area contributed by atoms with E-state index in [-0.39, 0.29) is 23.1 Å². The molecule has 0 atom stereocenters.